The number of likely N-dealkylation sites (tertiary alicyclic amines) is 1. The molecule has 0 radical (unpaired) electrons. The number of imidazole rings is 1. The number of para-hydroxylation sites is 2. The van der Waals surface area contributed by atoms with Gasteiger partial charge in [-0.15, -0.1) is 0 Å². The van der Waals surface area contributed by atoms with Gasteiger partial charge in [0.25, 0.3) is 0 Å². The van der Waals surface area contributed by atoms with Crippen LogP contribution < -0.4 is 5.32 Å². The first-order valence-corrected chi connectivity index (χ1v) is 11.8. The van der Waals surface area contributed by atoms with Gasteiger partial charge in [-0.2, -0.15) is 0 Å². The third-order valence-electron chi connectivity index (χ3n) is 6.82. The molecule has 1 aliphatic heterocycles. The van der Waals surface area contributed by atoms with Gasteiger partial charge in [0.1, 0.15) is 11.6 Å². The van der Waals surface area contributed by atoms with Crippen molar-refractivity contribution in [3.8, 4) is 5.69 Å². The molecule has 0 bridgehead atoms. The van der Waals surface area contributed by atoms with Crippen LogP contribution in [-0.4, -0.2) is 33.4 Å². The molecule has 1 amide bonds. The summed E-state index contributed by atoms with van der Waals surface area (Å²) < 4.78 is 15.7. The summed E-state index contributed by atoms with van der Waals surface area (Å²) in [5, 5.41) is 3.15. The maximum Gasteiger partial charge on any atom is 0.228 e. The number of fused-ring (bicyclic) bond motifs is 1. The van der Waals surface area contributed by atoms with Crippen molar-refractivity contribution in [2.24, 2.45) is 5.92 Å². The second-order valence-electron chi connectivity index (χ2n) is 9.14. The van der Waals surface area contributed by atoms with Crippen molar-refractivity contribution in [2.75, 3.05) is 18.4 Å². The van der Waals surface area contributed by atoms with Gasteiger partial charge >= 0.3 is 0 Å². The molecule has 5 rings (SSSR count). The SMILES string of the molecule is Cc1cccc(NC(=O)[C@@H]2CCCN(Cc3nc4ccccc4n3-c3ccc(F)cc3)C2)c1C. The van der Waals surface area contributed by atoms with Gasteiger partial charge in [-0.1, -0.05) is 24.3 Å². The molecule has 6 heteroatoms. The first-order chi connectivity index (χ1) is 16.5. The van der Waals surface area contributed by atoms with Gasteiger partial charge in [0, 0.05) is 17.9 Å². The van der Waals surface area contributed by atoms with E-state index in [0.29, 0.717) is 13.1 Å². The highest BCUT2D eigenvalue weighted by atomic mass is 19.1. The summed E-state index contributed by atoms with van der Waals surface area (Å²) in [6, 6.07) is 20.5. The maximum absolute atomic E-state index is 13.6. The van der Waals surface area contributed by atoms with Crippen LogP contribution >= 0.6 is 0 Å². The Morgan fingerprint density at radius 2 is 1.85 bits per heavy atom. The zero-order chi connectivity index (χ0) is 23.7. The van der Waals surface area contributed by atoms with Crippen LogP contribution in [0.2, 0.25) is 0 Å². The minimum absolute atomic E-state index is 0.0719. The number of hydrogen-bond acceptors (Lipinski definition) is 3. The van der Waals surface area contributed by atoms with Crippen molar-refractivity contribution in [1.29, 1.82) is 0 Å². The molecule has 4 aromatic rings. The second-order valence-corrected chi connectivity index (χ2v) is 9.14. The van der Waals surface area contributed by atoms with Crippen molar-refractivity contribution in [1.82, 2.24) is 14.5 Å². The topological polar surface area (TPSA) is 50.2 Å². The maximum atomic E-state index is 13.6. The number of rotatable bonds is 5. The molecule has 34 heavy (non-hydrogen) atoms. The fourth-order valence-electron chi connectivity index (χ4n) is 4.79. The highest BCUT2D eigenvalue weighted by molar-refractivity contribution is 5.93. The number of anilines is 1. The third kappa shape index (κ3) is 4.46. The number of hydrogen-bond donors (Lipinski definition) is 1. The molecular formula is C28H29FN4O. The van der Waals surface area contributed by atoms with E-state index in [2.05, 4.69) is 27.8 Å². The normalized spacial score (nSPS) is 16.6. The number of piperidine rings is 1. The Morgan fingerprint density at radius 3 is 2.68 bits per heavy atom. The van der Waals surface area contributed by atoms with Gasteiger partial charge in [0.15, 0.2) is 0 Å². The molecule has 5 nitrogen and oxygen atoms in total. The minimum Gasteiger partial charge on any atom is -0.326 e. The highest BCUT2D eigenvalue weighted by Crippen LogP contribution is 2.26. The average Bonchev–Trinajstić information content (AvgIpc) is 3.20. The van der Waals surface area contributed by atoms with Crippen molar-refractivity contribution in [3.63, 3.8) is 0 Å². The predicted octanol–water partition coefficient (Wildman–Crippen LogP) is 5.63. The fourth-order valence-corrected chi connectivity index (χ4v) is 4.79. The lowest BCUT2D eigenvalue weighted by Gasteiger charge is -2.32. The molecule has 0 aliphatic carbocycles. The predicted molar refractivity (Wildman–Crippen MR) is 134 cm³/mol. The van der Waals surface area contributed by atoms with E-state index in [0.717, 1.165) is 53.2 Å². The molecule has 1 fully saturated rings. The number of aromatic nitrogens is 2. The molecule has 1 atom stereocenters. The second kappa shape index (κ2) is 9.39. The van der Waals surface area contributed by atoms with Crippen molar-refractivity contribution >= 4 is 22.6 Å². The fraction of sp³-hybridized carbons (Fsp3) is 0.286. The summed E-state index contributed by atoms with van der Waals surface area (Å²) in [6.45, 7) is 6.32. The van der Waals surface area contributed by atoms with Crippen LogP contribution in [0.3, 0.4) is 0 Å². The Bertz CT molecular complexity index is 1330. The summed E-state index contributed by atoms with van der Waals surface area (Å²) in [6.07, 6.45) is 1.84. The Labute approximate surface area is 199 Å². The highest BCUT2D eigenvalue weighted by Gasteiger charge is 2.27. The molecule has 2 heterocycles. The average molecular weight is 457 g/mol. The van der Waals surface area contributed by atoms with Crippen LogP contribution in [-0.2, 0) is 11.3 Å². The number of amides is 1. The van der Waals surface area contributed by atoms with E-state index in [4.69, 9.17) is 4.98 Å². The summed E-state index contributed by atoms with van der Waals surface area (Å²) in [7, 11) is 0. The number of benzene rings is 3. The number of halogens is 1. The van der Waals surface area contributed by atoms with Crippen LogP contribution in [0.1, 0.15) is 29.8 Å². The van der Waals surface area contributed by atoms with Crippen LogP contribution in [0.15, 0.2) is 66.7 Å². The van der Waals surface area contributed by atoms with Gasteiger partial charge in [0.05, 0.1) is 23.5 Å². The van der Waals surface area contributed by atoms with E-state index in [1.807, 2.05) is 43.3 Å². The van der Waals surface area contributed by atoms with Crippen LogP contribution in [0.4, 0.5) is 10.1 Å². The number of aryl methyl sites for hydroxylation is 1. The Morgan fingerprint density at radius 1 is 1.06 bits per heavy atom. The zero-order valence-electron chi connectivity index (χ0n) is 19.6. The standard InChI is InChI=1S/C28H29FN4O/c1-19-7-5-10-24(20(19)2)31-28(34)21-8-6-16-32(17-21)18-27-30-25-9-3-4-11-26(25)33(27)23-14-12-22(29)13-15-23/h3-5,7,9-15,21H,6,8,16-18H2,1-2H3,(H,31,34)/t21-/m1/s1. The Balaban J connectivity index is 1.37. The number of nitrogens with one attached hydrogen (secondary N) is 1. The van der Waals surface area contributed by atoms with Gasteiger partial charge < -0.3 is 5.32 Å². The van der Waals surface area contributed by atoms with Gasteiger partial charge in [-0.3, -0.25) is 14.3 Å². The lowest BCUT2D eigenvalue weighted by molar-refractivity contribution is -0.121. The molecule has 1 N–H and O–H groups in total. The molecule has 174 valence electrons. The smallest absolute Gasteiger partial charge is 0.228 e. The molecule has 0 unspecified atom stereocenters. The van der Waals surface area contributed by atoms with Crippen LogP contribution in [0, 0.1) is 25.6 Å². The monoisotopic (exact) mass is 456 g/mol. The summed E-state index contributed by atoms with van der Waals surface area (Å²) in [4.78, 5) is 20.3. The molecule has 1 saturated heterocycles. The van der Waals surface area contributed by atoms with E-state index >= 15 is 0 Å². The first kappa shape index (κ1) is 22.3. The van der Waals surface area contributed by atoms with Gasteiger partial charge in [-0.05, 0) is 86.8 Å². The summed E-state index contributed by atoms with van der Waals surface area (Å²) in [5.41, 5.74) is 5.94. The van der Waals surface area contributed by atoms with Crippen molar-refractivity contribution in [2.45, 2.75) is 33.2 Å². The van der Waals surface area contributed by atoms with E-state index in [1.165, 1.54) is 17.7 Å². The molecule has 3 aromatic carbocycles. The Hall–Kier alpha value is -3.51. The largest absolute Gasteiger partial charge is 0.326 e. The van der Waals surface area contributed by atoms with Crippen LogP contribution in [0.5, 0.6) is 0 Å². The molecule has 0 spiro atoms. The molecular weight excluding hydrogens is 427 g/mol. The van der Waals surface area contributed by atoms with E-state index in [9.17, 15) is 9.18 Å². The summed E-state index contributed by atoms with van der Waals surface area (Å²) >= 11 is 0. The summed E-state index contributed by atoms with van der Waals surface area (Å²) in [5.74, 6) is 0.634. The molecule has 1 aliphatic rings. The van der Waals surface area contributed by atoms with Crippen LogP contribution in [0.25, 0.3) is 16.7 Å². The minimum atomic E-state index is -0.261. The van der Waals surface area contributed by atoms with Gasteiger partial charge in [0.2, 0.25) is 5.91 Å². The lowest BCUT2D eigenvalue weighted by atomic mass is 9.96. The number of nitrogens with zero attached hydrogens (tertiary/aromatic N) is 3. The quantitative estimate of drug-likeness (QED) is 0.423. The number of carbonyl (C=O) groups is 1. The van der Waals surface area contributed by atoms with E-state index in [-0.39, 0.29) is 17.6 Å². The first-order valence-electron chi connectivity index (χ1n) is 11.8. The van der Waals surface area contributed by atoms with Crippen molar-refractivity contribution < 1.29 is 9.18 Å². The Kier molecular flexibility index (Phi) is 6.16. The van der Waals surface area contributed by atoms with Gasteiger partial charge in [-0.25, -0.2) is 9.37 Å². The number of carbonyl (C=O) groups excluding carboxylic acids is 1. The molecule has 0 saturated carbocycles. The molecule has 1 aromatic heterocycles. The van der Waals surface area contributed by atoms with E-state index in [1.54, 1.807) is 12.1 Å². The zero-order valence-corrected chi connectivity index (χ0v) is 19.6. The van der Waals surface area contributed by atoms with E-state index < -0.39 is 0 Å². The lowest BCUT2D eigenvalue weighted by Crippen LogP contribution is -2.40. The van der Waals surface area contributed by atoms with Crippen molar-refractivity contribution in [3.05, 3.63) is 89.5 Å². The third-order valence-corrected chi connectivity index (χ3v) is 6.82.